The molecule has 2 aromatic rings. The number of amides is 1. The number of carbonyl (C=O) groups is 2. The number of imidazole rings is 1. The van der Waals surface area contributed by atoms with Gasteiger partial charge in [-0.1, -0.05) is 19.4 Å². The summed E-state index contributed by atoms with van der Waals surface area (Å²) in [4.78, 5) is 33.6. The summed E-state index contributed by atoms with van der Waals surface area (Å²) in [6.07, 6.45) is 7.97. The van der Waals surface area contributed by atoms with E-state index >= 15 is 0 Å². The molecule has 3 heterocycles. The Morgan fingerprint density at radius 3 is 2.94 bits per heavy atom. The maximum absolute atomic E-state index is 13.0. The van der Waals surface area contributed by atoms with Crippen LogP contribution in [0.2, 0.25) is 0 Å². The van der Waals surface area contributed by atoms with Gasteiger partial charge in [0.05, 0.1) is 13.7 Å². The summed E-state index contributed by atoms with van der Waals surface area (Å²) in [6.45, 7) is 5.86. The second-order valence-corrected chi connectivity index (χ2v) is 8.75. The molecule has 1 aromatic heterocycles. The van der Waals surface area contributed by atoms with E-state index in [1.807, 2.05) is 17.2 Å². The van der Waals surface area contributed by atoms with Gasteiger partial charge in [-0.05, 0) is 37.1 Å². The monoisotopic (exact) mass is 454 g/mol. The zero-order valence-corrected chi connectivity index (χ0v) is 19.7. The summed E-state index contributed by atoms with van der Waals surface area (Å²) in [5.74, 6) is 1.79. The van der Waals surface area contributed by atoms with Crippen molar-refractivity contribution in [3.05, 3.63) is 47.5 Å². The number of nitrogens with zero attached hydrogens (tertiary/aromatic N) is 4. The molecule has 8 nitrogen and oxygen atoms in total. The van der Waals surface area contributed by atoms with Crippen LogP contribution in [0, 0.1) is 0 Å². The number of aromatic nitrogens is 2. The lowest BCUT2D eigenvalue weighted by Gasteiger charge is -2.33. The average Bonchev–Trinajstić information content (AvgIpc) is 3.19. The number of benzene rings is 1. The fourth-order valence-corrected chi connectivity index (χ4v) is 4.81. The molecule has 1 saturated heterocycles. The summed E-state index contributed by atoms with van der Waals surface area (Å²) in [7, 11) is 1.45. The van der Waals surface area contributed by atoms with Gasteiger partial charge in [0.2, 0.25) is 5.91 Å². The summed E-state index contributed by atoms with van der Waals surface area (Å²) < 4.78 is 13.0. The first kappa shape index (κ1) is 23.3. The minimum Gasteiger partial charge on any atom is -0.491 e. The number of fused-ring (bicyclic) bond motifs is 1. The van der Waals surface area contributed by atoms with Crippen LogP contribution < -0.4 is 4.74 Å². The number of piperidine rings is 1. The van der Waals surface area contributed by atoms with Crippen molar-refractivity contribution in [1.82, 2.24) is 19.4 Å². The molecule has 0 aliphatic carbocycles. The van der Waals surface area contributed by atoms with Gasteiger partial charge in [-0.3, -0.25) is 14.5 Å². The number of methoxy groups -OCH3 is 1. The van der Waals surface area contributed by atoms with Crippen LogP contribution in [0.1, 0.15) is 49.6 Å². The highest BCUT2D eigenvalue weighted by Crippen LogP contribution is 2.27. The van der Waals surface area contributed by atoms with E-state index in [-0.39, 0.29) is 17.9 Å². The second kappa shape index (κ2) is 10.8. The van der Waals surface area contributed by atoms with Crippen molar-refractivity contribution in [2.24, 2.45) is 0 Å². The number of carbonyl (C=O) groups excluding carboxylic acids is 2. The van der Waals surface area contributed by atoms with E-state index in [1.54, 1.807) is 6.20 Å². The Morgan fingerprint density at radius 1 is 1.24 bits per heavy atom. The molecule has 0 bridgehead atoms. The number of hydrogen-bond donors (Lipinski definition) is 0. The second-order valence-electron chi connectivity index (χ2n) is 8.75. The molecule has 2 aliphatic heterocycles. The number of ether oxygens (including phenoxy) is 2. The van der Waals surface area contributed by atoms with Gasteiger partial charge in [0, 0.05) is 50.4 Å². The molecule has 1 amide bonds. The first-order valence-corrected chi connectivity index (χ1v) is 11.9. The minimum absolute atomic E-state index is 0.120. The van der Waals surface area contributed by atoms with E-state index in [0.29, 0.717) is 39.2 Å². The molecule has 0 N–H and O–H groups in total. The van der Waals surface area contributed by atoms with Crippen LogP contribution in [0.25, 0.3) is 0 Å². The van der Waals surface area contributed by atoms with Gasteiger partial charge >= 0.3 is 5.97 Å². The Hall–Kier alpha value is -2.87. The van der Waals surface area contributed by atoms with Crippen molar-refractivity contribution >= 4 is 11.9 Å². The zero-order valence-electron chi connectivity index (χ0n) is 19.7. The lowest BCUT2D eigenvalue weighted by atomic mass is 10.0. The third-order valence-electron chi connectivity index (χ3n) is 6.61. The third kappa shape index (κ3) is 5.55. The van der Waals surface area contributed by atoms with Crippen LogP contribution in [-0.2, 0) is 40.4 Å². The van der Waals surface area contributed by atoms with Crippen molar-refractivity contribution in [1.29, 1.82) is 0 Å². The lowest BCUT2D eigenvalue weighted by Crippen LogP contribution is -2.44. The summed E-state index contributed by atoms with van der Waals surface area (Å²) in [5.41, 5.74) is 2.13. The lowest BCUT2D eigenvalue weighted by molar-refractivity contribution is -0.148. The molecular formula is C25H34N4O4. The van der Waals surface area contributed by atoms with Gasteiger partial charge in [0.1, 0.15) is 24.2 Å². The predicted octanol–water partition coefficient (Wildman–Crippen LogP) is 2.78. The summed E-state index contributed by atoms with van der Waals surface area (Å²) >= 11 is 0. The van der Waals surface area contributed by atoms with Crippen LogP contribution in [0.15, 0.2) is 30.6 Å². The highest BCUT2D eigenvalue weighted by Gasteiger charge is 2.29. The van der Waals surface area contributed by atoms with Crippen molar-refractivity contribution in [3.8, 4) is 5.75 Å². The summed E-state index contributed by atoms with van der Waals surface area (Å²) in [6, 6.07) is 5.99. The maximum atomic E-state index is 13.0. The Kier molecular flexibility index (Phi) is 7.65. The third-order valence-corrected chi connectivity index (χ3v) is 6.61. The van der Waals surface area contributed by atoms with Crippen LogP contribution in [0.3, 0.4) is 0 Å². The molecule has 1 aromatic carbocycles. The molecule has 8 heteroatoms. The van der Waals surface area contributed by atoms with Gasteiger partial charge in [-0.25, -0.2) is 4.98 Å². The van der Waals surface area contributed by atoms with Crippen molar-refractivity contribution < 1.29 is 19.1 Å². The smallest absolute Gasteiger partial charge is 0.323 e. The number of esters is 1. The van der Waals surface area contributed by atoms with E-state index in [0.717, 1.165) is 54.9 Å². The van der Waals surface area contributed by atoms with E-state index in [1.165, 1.54) is 7.11 Å². The van der Waals surface area contributed by atoms with Crippen molar-refractivity contribution in [3.63, 3.8) is 0 Å². The molecule has 1 fully saturated rings. The predicted molar refractivity (Wildman–Crippen MR) is 124 cm³/mol. The van der Waals surface area contributed by atoms with Gasteiger partial charge in [0.25, 0.3) is 0 Å². The van der Waals surface area contributed by atoms with Crippen LogP contribution in [0.5, 0.6) is 5.75 Å². The van der Waals surface area contributed by atoms with E-state index in [4.69, 9.17) is 9.47 Å². The fourth-order valence-electron chi connectivity index (χ4n) is 4.81. The van der Waals surface area contributed by atoms with Gasteiger partial charge in [-0.2, -0.15) is 0 Å². The Morgan fingerprint density at radius 2 is 2.12 bits per heavy atom. The van der Waals surface area contributed by atoms with Crippen molar-refractivity contribution in [2.75, 3.05) is 26.8 Å². The Balaban J connectivity index is 1.42. The molecule has 178 valence electrons. The first-order valence-electron chi connectivity index (χ1n) is 11.9. The molecule has 2 aliphatic rings. The average molecular weight is 455 g/mol. The van der Waals surface area contributed by atoms with Gasteiger partial charge in [-0.15, -0.1) is 0 Å². The normalized spacial score (nSPS) is 18.8. The van der Waals surface area contributed by atoms with Gasteiger partial charge in [0.15, 0.2) is 0 Å². The standard InChI is InChI=1S/C25H34N4O4/c1-3-23-26-10-13-27(23)12-9-24(30)29-14-15-33-22-8-7-19(16-20(22)18-29)17-28-11-5-4-6-21(28)25(31)32-2/h7-8,10,13,16,21H,3-6,9,11-12,14-15,17-18H2,1-2H3/t21-/m1/s1. The fraction of sp³-hybridized carbons (Fsp3) is 0.560. The summed E-state index contributed by atoms with van der Waals surface area (Å²) in [5, 5.41) is 0. The largest absolute Gasteiger partial charge is 0.491 e. The molecule has 4 rings (SSSR count). The van der Waals surface area contributed by atoms with Crippen LogP contribution >= 0.6 is 0 Å². The number of rotatable bonds is 7. The molecule has 33 heavy (non-hydrogen) atoms. The highest BCUT2D eigenvalue weighted by atomic mass is 16.5. The topological polar surface area (TPSA) is 76.9 Å². The van der Waals surface area contributed by atoms with Crippen LogP contribution in [0.4, 0.5) is 0 Å². The highest BCUT2D eigenvalue weighted by molar-refractivity contribution is 5.76. The number of aryl methyl sites for hydroxylation is 2. The van der Waals surface area contributed by atoms with E-state index < -0.39 is 0 Å². The van der Waals surface area contributed by atoms with Crippen LogP contribution in [-0.4, -0.2) is 64.1 Å². The quantitative estimate of drug-likeness (QED) is 0.599. The first-order chi connectivity index (χ1) is 16.1. The maximum Gasteiger partial charge on any atom is 0.323 e. The molecule has 0 radical (unpaired) electrons. The van der Waals surface area contributed by atoms with E-state index in [9.17, 15) is 9.59 Å². The van der Waals surface area contributed by atoms with E-state index in [2.05, 4.69) is 33.5 Å². The molecule has 0 saturated carbocycles. The number of likely N-dealkylation sites (tertiary alicyclic amines) is 1. The molecular weight excluding hydrogens is 420 g/mol. The SMILES string of the molecule is CCc1nccn1CCC(=O)N1CCOc2ccc(CN3CCCC[C@@H]3C(=O)OC)cc2C1. The zero-order chi connectivity index (χ0) is 23.2. The van der Waals surface area contributed by atoms with Gasteiger partial charge < -0.3 is 18.9 Å². The molecule has 1 atom stereocenters. The Labute approximate surface area is 195 Å². The minimum atomic E-state index is -0.187. The number of hydrogen-bond acceptors (Lipinski definition) is 6. The Bertz CT molecular complexity index is 973. The molecule has 0 unspecified atom stereocenters. The molecule has 0 spiro atoms. The van der Waals surface area contributed by atoms with Crippen molar-refractivity contribution in [2.45, 2.75) is 64.7 Å².